The van der Waals surface area contributed by atoms with Crippen molar-refractivity contribution in [2.75, 3.05) is 7.05 Å². The van der Waals surface area contributed by atoms with E-state index in [0.717, 1.165) is 10.9 Å². The monoisotopic (exact) mass is 328 g/mol. The quantitative estimate of drug-likeness (QED) is 0.719. The summed E-state index contributed by atoms with van der Waals surface area (Å²) in [5.74, 6) is -0.00787. The summed E-state index contributed by atoms with van der Waals surface area (Å²) in [6.45, 7) is 1.99. The highest BCUT2D eigenvalue weighted by molar-refractivity contribution is 6.30. The van der Waals surface area contributed by atoms with Gasteiger partial charge in [-0.1, -0.05) is 41.0 Å². The Morgan fingerprint density at radius 1 is 1.22 bits per heavy atom. The molecule has 4 nitrogen and oxygen atoms in total. The van der Waals surface area contributed by atoms with Crippen molar-refractivity contribution < 1.29 is 9.32 Å². The number of amides is 1. The van der Waals surface area contributed by atoms with Crippen LogP contribution < -0.4 is 0 Å². The Kier molecular flexibility index (Phi) is 4.35. The van der Waals surface area contributed by atoms with Gasteiger partial charge < -0.3 is 9.42 Å². The van der Waals surface area contributed by atoms with Gasteiger partial charge in [0.2, 0.25) is 5.91 Å². The average Bonchev–Trinajstić information content (AvgIpc) is 2.97. The maximum Gasteiger partial charge on any atom is 0.228 e. The van der Waals surface area contributed by atoms with Gasteiger partial charge in [0.1, 0.15) is 5.69 Å². The van der Waals surface area contributed by atoms with Gasteiger partial charge in [-0.05, 0) is 36.8 Å². The molecular weight excluding hydrogens is 312 g/mol. The number of aromatic nitrogens is 1. The number of nitrogens with zero attached hydrogens (tertiary/aromatic N) is 2. The zero-order valence-electron chi connectivity index (χ0n) is 13.0. The molecule has 0 aliphatic rings. The molecule has 0 bridgehead atoms. The normalized spacial score (nSPS) is 12.3. The predicted molar refractivity (Wildman–Crippen MR) is 90.4 cm³/mol. The molecule has 1 atom stereocenters. The van der Waals surface area contributed by atoms with E-state index < -0.39 is 0 Å². The number of carbonyl (C=O) groups excluding carboxylic acids is 1. The molecule has 5 heteroatoms. The van der Waals surface area contributed by atoms with E-state index in [9.17, 15) is 4.79 Å². The second-order valence-corrected chi connectivity index (χ2v) is 5.97. The first-order chi connectivity index (χ1) is 11.1. The van der Waals surface area contributed by atoms with Gasteiger partial charge in [0.25, 0.3) is 0 Å². The number of halogens is 1. The number of rotatable bonds is 4. The molecule has 118 valence electrons. The zero-order chi connectivity index (χ0) is 16.4. The molecule has 0 spiro atoms. The van der Waals surface area contributed by atoms with Crippen LogP contribution in [-0.2, 0) is 11.2 Å². The minimum Gasteiger partial charge on any atom is -0.356 e. The summed E-state index contributed by atoms with van der Waals surface area (Å²) in [5.41, 5.74) is 2.40. The van der Waals surface area contributed by atoms with E-state index in [4.69, 9.17) is 16.1 Å². The molecule has 1 unspecified atom stereocenters. The molecule has 0 fully saturated rings. The lowest BCUT2D eigenvalue weighted by atomic mass is 10.1. The minimum atomic E-state index is -0.0436. The standard InChI is InChI=1S/C18H17ClN2O2/c1-12(13-7-9-14(19)10-8-13)21(2)18(22)11-16-15-5-3-4-6-17(15)23-20-16/h3-10,12H,11H2,1-2H3. The molecule has 0 saturated heterocycles. The summed E-state index contributed by atoms with van der Waals surface area (Å²) in [5, 5.41) is 5.59. The number of para-hydroxylation sites is 1. The largest absolute Gasteiger partial charge is 0.356 e. The Morgan fingerprint density at radius 3 is 2.65 bits per heavy atom. The lowest BCUT2D eigenvalue weighted by Crippen LogP contribution is -2.31. The molecule has 1 aromatic heterocycles. The smallest absolute Gasteiger partial charge is 0.228 e. The van der Waals surface area contributed by atoms with Crippen molar-refractivity contribution in [1.29, 1.82) is 0 Å². The van der Waals surface area contributed by atoms with Gasteiger partial charge in [-0.3, -0.25) is 4.79 Å². The summed E-state index contributed by atoms with van der Waals surface area (Å²) in [6, 6.07) is 15.0. The molecule has 23 heavy (non-hydrogen) atoms. The molecule has 3 aromatic rings. The van der Waals surface area contributed by atoms with Crippen LogP contribution in [0.3, 0.4) is 0 Å². The SMILES string of the molecule is CC(c1ccc(Cl)cc1)N(C)C(=O)Cc1noc2ccccc12. The maximum atomic E-state index is 12.6. The van der Waals surface area contributed by atoms with Gasteiger partial charge >= 0.3 is 0 Å². The maximum absolute atomic E-state index is 12.6. The van der Waals surface area contributed by atoms with Crippen LogP contribution in [0, 0.1) is 0 Å². The third-order valence-corrected chi connectivity index (χ3v) is 4.35. The van der Waals surface area contributed by atoms with Crippen molar-refractivity contribution in [3.63, 3.8) is 0 Å². The molecular formula is C18H17ClN2O2. The fraction of sp³-hybridized carbons (Fsp3) is 0.222. The topological polar surface area (TPSA) is 46.3 Å². The van der Waals surface area contributed by atoms with Crippen LogP contribution in [0.5, 0.6) is 0 Å². The molecule has 1 heterocycles. The first-order valence-corrected chi connectivity index (χ1v) is 7.78. The molecule has 0 aliphatic heterocycles. The minimum absolute atomic E-state index is 0.00787. The van der Waals surface area contributed by atoms with Crippen molar-refractivity contribution in [2.24, 2.45) is 0 Å². The number of benzene rings is 2. The fourth-order valence-electron chi connectivity index (χ4n) is 2.51. The van der Waals surface area contributed by atoms with Gasteiger partial charge in [0.05, 0.1) is 12.5 Å². The Bertz CT molecular complexity index is 826. The van der Waals surface area contributed by atoms with Gasteiger partial charge in [-0.15, -0.1) is 0 Å². The number of likely N-dealkylation sites (N-methyl/N-ethyl adjacent to an activating group) is 1. The van der Waals surface area contributed by atoms with Crippen molar-refractivity contribution >= 4 is 28.5 Å². The van der Waals surface area contributed by atoms with E-state index in [1.807, 2.05) is 55.5 Å². The van der Waals surface area contributed by atoms with E-state index in [2.05, 4.69) is 5.16 Å². The summed E-state index contributed by atoms with van der Waals surface area (Å²) in [7, 11) is 1.80. The number of fused-ring (bicyclic) bond motifs is 1. The van der Waals surface area contributed by atoms with E-state index in [1.54, 1.807) is 11.9 Å². The third-order valence-electron chi connectivity index (χ3n) is 4.10. The van der Waals surface area contributed by atoms with Gasteiger partial charge in [0.15, 0.2) is 5.58 Å². The van der Waals surface area contributed by atoms with Crippen LogP contribution in [0.25, 0.3) is 11.0 Å². The van der Waals surface area contributed by atoms with Crippen LogP contribution in [0.1, 0.15) is 24.2 Å². The Labute approximate surface area is 139 Å². The summed E-state index contributed by atoms with van der Waals surface area (Å²) >= 11 is 5.91. The average molecular weight is 329 g/mol. The van der Waals surface area contributed by atoms with Gasteiger partial charge in [-0.2, -0.15) is 0 Å². The van der Waals surface area contributed by atoms with Crippen molar-refractivity contribution in [3.05, 3.63) is 64.8 Å². The lowest BCUT2D eigenvalue weighted by Gasteiger charge is -2.25. The first-order valence-electron chi connectivity index (χ1n) is 7.40. The highest BCUT2D eigenvalue weighted by Gasteiger charge is 2.20. The number of hydrogen-bond acceptors (Lipinski definition) is 3. The van der Waals surface area contributed by atoms with E-state index in [-0.39, 0.29) is 18.4 Å². The second kappa shape index (κ2) is 6.42. The van der Waals surface area contributed by atoms with Crippen LogP contribution in [0.15, 0.2) is 53.1 Å². The van der Waals surface area contributed by atoms with Gasteiger partial charge in [0, 0.05) is 17.5 Å². The van der Waals surface area contributed by atoms with Crippen LogP contribution >= 0.6 is 11.6 Å². The molecule has 0 N–H and O–H groups in total. The van der Waals surface area contributed by atoms with Crippen LogP contribution in [0.2, 0.25) is 5.02 Å². The molecule has 0 radical (unpaired) electrons. The number of carbonyl (C=O) groups is 1. The highest BCUT2D eigenvalue weighted by Crippen LogP contribution is 2.23. The zero-order valence-corrected chi connectivity index (χ0v) is 13.7. The van der Waals surface area contributed by atoms with Crippen molar-refractivity contribution in [1.82, 2.24) is 10.1 Å². The lowest BCUT2D eigenvalue weighted by molar-refractivity contribution is -0.131. The molecule has 1 amide bonds. The number of hydrogen-bond donors (Lipinski definition) is 0. The predicted octanol–water partition coefficient (Wildman–Crippen LogP) is 4.24. The summed E-state index contributed by atoms with van der Waals surface area (Å²) < 4.78 is 5.25. The van der Waals surface area contributed by atoms with Crippen molar-refractivity contribution in [2.45, 2.75) is 19.4 Å². The first kappa shape index (κ1) is 15.6. The molecule has 0 saturated carbocycles. The van der Waals surface area contributed by atoms with E-state index >= 15 is 0 Å². The third kappa shape index (κ3) is 3.22. The second-order valence-electron chi connectivity index (χ2n) is 5.53. The Balaban J connectivity index is 1.75. The fourth-order valence-corrected chi connectivity index (χ4v) is 2.64. The Morgan fingerprint density at radius 2 is 1.91 bits per heavy atom. The summed E-state index contributed by atoms with van der Waals surface area (Å²) in [4.78, 5) is 14.3. The molecule has 3 rings (SSSR count). The summed E-state index contributed by atoms with van der Waals surface area (Å²) in [6.07, 6.45) is 0.214. The van der Waals surface area contributed by atoms with Crippen molar-refractivity contribution in [3.8, 4) is 0 Å². The molecule has 2 aromatic carbocycles. The van der Waals surface area contributed by atoms with Crippen LogP contribution in [-0.4, -0.2) is 23.0 Å². The van der Waals surface area contributed by atoms with Crippen LogP contribution in [0.4, 0.5) is 0 Å². The van der Waals surface area contributed by atoms with E-state index in [0.29, 0.717) is 16.3 Å². The van der Waals surface area contributed by atoms with Gasteiger partial charge in [-0.25, -0.2) is 0 Å². The molecule has 0 aliphatic carbocycles. The Hall–Kier alpha value is -2.33. The van der Waals surface area contributed by atoms with E-state index in [1.165, 1.54) is 0 Å². The highest BCUT2D eigenvalue weighted by atomic mass is 35.5.